The van der Waals surface area contributed by atoms with Crippen LogP contribution < -0.4 is 4.74 Å². The Labute approximate surface area is 122 Å². The summed E-state index contributed by atoms with van der Waals surface area (Å²) in [5.41, 5.74) is 1.87. The SMILES string of the molecule is COc1ccc(CSc2ncccn2)cc1C#CCO. The number of rotatable bonds is 4. The molecule has 0 aliphatic rings. The molecule has 1 aromatic heterocycles. The van der Waals surface area contributed by atoms with Crippen LogP contribution in [0.3, 0.4) is 0 Å². The highest BCUT2D eigenvalue weighted by Crippen LogP contribution is 2.23. The molecule has 0 amide bonds. The van der Waals surface area contributed by atoms with Crippen molar-refractivity contribution in [3.05, 3.63) is 47.8 Å². The molecule has 0 aliphatic carbocycles. The van der Waals surface area contributed by atoms with Crippen LogP contribution in [0.2, 0.25) is 0 Å². The minimum Gasteiger partial charge on any atom is -0.495 e. The molecule has 1 heterocycles. The molecular weight excluding hydrogens is 272 g/mol. The van der Waals surface area contributed by atoms with Gasteiger partial charge in [-0.25, -0.2) is 9.97 Å². The lowest BCUT2D eigenvalue weighted by molar-refractivity contribution is 0.350. The Balaban J connectivity index is 2.12. The Kier molecular flexibility index (Phi) is 5.42. The summed E-state index contributed by atoms with van der Waals surface area (Å²) in [4.78, 5) is 8.33. The van der Waals surface area contributed by atoms with Gasteiger partial charge in [-0.15, -0.1) is 0 Å². The van der Waals surface area contributed by atoms with Crippen molar-refractivity contribution in [3.63, 3.8) is 0 Å². The Morgan fingerprint density at radius 3 is 2.80 bits per heavy atom. The number of aliphatic hydroxyl groups excluding tert-OH is 1. The van der Waals surface area contributed by atoms with Crippen LogP contribution in [0, 0.1) is 11.8 Å². The topological polar surface area (TPSA) is 55.2 Å². The minimum atomic E-state index is -0.167. The Hall–Kier alpha value is -2.03. The van der Waals surface area contributed by atoms with Crippen molar-refractivity contribution in [2.45, 2.75) is 10.9 Å². The molecule has 20 heavy (non-hydrogen) atoms. The fraction of sp³-hybridized carbons (Fsp3) is 0.200. The van der Waals surface area contributed by atoms with Crippen LogP contribution in [0.5, 0.6) is 5.75 Å². The molecule has 0 fully saturated rings. The highest BCUT2D eigenvalue weighted by molar-refractivity contribution is 7.98. The Morgan fingerprint density at radius 2 is 2.10 bits per heavy atom. The number of hydrogen-bond donors (Lipinski definition) is 1. The van der Waals surface area contributed by atoms with E-state index >= 15 is 0 Å². The Bertz CT molecular complexity index is 621. The quantitative estimate of drug-likeness (QED) is 0.530. The molecule has 0 unspecified atom stereocenters. The van der Waals surface area contributed by atoms with Crippen LogP contribution in [0.25, 0.3) is 0 Å². The van der Waals surface area contributed by atoms with E-state index in [1.165, 1.54) is 0 Å². The van der Waals surface area contributed by atoms with E-state index in [2.05, 4.69) is 21.8 Å². The first kappa shape index (κ1) is 14.4. The van der Waals surface area contributed by atoms with Gasteiger partial charge in [-0.2, -0.15) is 0 Å². The molecule has 0 radical (unpaired) electrons. The second-order valence-corrected chi connectivity index (χ2v) is 4.76. The second kappa shape index (κ2) is 7.53. The summed E-state index contributed by atoms with van der Waals surface area (Å²) in [5, 5.41) is 9.52. The molecule has 5 heteroatoms. The molecule has 1 aromatic carbocycles. The zero-order valence-electron chi connectivity index (χ0n) is 11.0. The number of methoxy groups -OCH3 is 1. The number of nitrogens with zero attached hydrogens (tertiary/aromatic N) is 2. The van der Waals surface area contributed by atoms with Gasteiger partial charge in [0.05, 0.1) is 12.7 Å². The summed E-state index contributed by atoms with van der Waals surface area (Å²) >= 11 is 1.56. The zero-order valence-corrected chi connectivity index (χ0v) is 11.9. The van der Waals surface area contributed by atoms with Crippen molar-refractivity contribution in [1.82, 2.24) is 9.97 Å². The summed E-state index contributed by atoms with van der Waals surface area (Å²) in [5.74, 6) is 6.98. The standard InChI is InChI=1S/C15H14N2O2S/c1-19-14-6-5-12(10-13(14)4-2-9-18)11-20-15-16-7-3-8-17-15/h3,5-8,10,18H,9,11H2,1H3. The largest absolute Gasteiger partial charge is 0.495 e. The number of thioether (sulfide) groups is 1. The molecule has 2 aromatic rings. The number of aromatic nitrogens is 2. The average Bonchev–Trinajstić information content (AvgIpc) is 2.52. The number of hydrogen-bond acceptors (Lipinski definition) is 5. The van der Waals surface area contributed by atoms with E-state index < -0.39 is 0 Å². The van der Waals surface area contributed by atoms with E-state index in [0.717, 1.165) is 22.0 Å². The van der Waals surface area contributed by atoms with Crippen LogP contribution in [0.1, 0.15) is 11.1 Å². The maximum absolute atomic E-state index is 8.78. The van der Waals surface area contributed by atoms with Gasteiger partial charge in [0.1, 0.15) is 12.4 Å². The van der Waals surface area contributed by atoms with Crippen molar-refractivity contribution in [1.29, 1.82) is 0 Å². The monoisotopic (exact) mass is 286 g/mol. The normalized spacial score (nSPS) is 9.70. The zero-order chi connectivity index (χ0) is 14.2. The molecular formula is C15H14N2O2S. The number of benzene rings is 1. The predicted octanol–water partition coefficient (Wildman–Crippen LogP) is 2.12. The number of aliphatic hydroxyl groups is 1. The van der Waals surface area contributed by atoms with Gasteiger partial charge in [-0.3, -0.25) is 0 Å². The van der Waals surface area contributed by atoms with E-state index in [1.54, 1.807) is 37.3 Å². The summed E-state index contributed by atoms with van der Waals surface area (Å²) < 4.78 is 5.24. The number of ether oxygens (including phenoxy) is 1. The van der Waals surface area contributed by atoms with Gasteiger partial charge in [0, 0.05) is 18.1 Å². The molecule has 0 spiro atoms. The van der Waals surface area contributed by atoms with Crippen LogP contribution in [0.4, 0.5) is 0 Å². The van der Waals surface area contributed by atoms with E-state index in [0.29, 0.717) is 5.75 Å². The fourth-order valence-corrected chi connectivity index (χ4v) is 2.33. The first-order valence-electron chi connectivity index (χ1n) is 6.00. The third-order valence-corrected chi connectivity index (χ3v) is 3.42. The van der Waals surface area contributed by atoms with Crippen molar-refractivity contribution in [2.24, 2.45) is 0 Å². The molecule has 0 aliphatic heterocycles. The van der Waals surface area contributed by atoms with E-state index in [4.69, 9.17) is 9.84 Å². The first-order valence-corrected chi connectivity index (χ1v) is 6.98. The third kappa shape index (κ3) is 3.98. The second-order valence-electron chi connectivity index (χ2n) is 3.81. The van der Waals surface area contributed by atoms with Gasteiger partial charge < -0.3 is 9.84 Å². The maximum atomic E-state index is 8.78. The Morgan fingerprint density at radius 1 is 1.30 bits per heavy atom. The highest BCUT2D eigenvalue weighted by atomic mass is 32.2. The molecule has 1 N–H and O–H groups in total. The van der Waals surface area contributed by atoms with E-state index in [-0.39, 0.29) is 6.61 Å². The van der Waals surface area contributed by atoms with Crippen LogP contribution in [-0.2, 0) is 5.75 Å². The molecule has 102 valence electrons. The van der Waals surface area contributed by atoms with Gasteiger partial charge in [-0.05, 0) is 23.8 Å². The molecule has 2 rings (SSSR count). The van der Waals surface area contributed by atoms with Crippen molar-refractivity contribution in [2.75, 3.05) is 13.7 Å². The predicted molar refractivity (Wildman–Crippen MR) is 78.6 cm³/mol. The lowest BCUT2D eigenvalue weighted by atomic mass is 10.1. The van der Waals surface area contributed by atoms with Crippen LogP contribution >= 0.6 is 11.8 Å². The van der Waals surface area contributed by atoms with Crippen molar-refractivity contribution >= 4 is 11.8 Å². The average molecular weight is 286 g/mol. The van der Waals surface area contributed by atoms with Gasteiger partial charge in [0.2, 0.25) is 0 Å². The molecule has 0 saturated heterocycles. The van der Waals surface area contributed by atoms with Gasteiger partial charge in [0.25, 0.3) is 0 Å². The first-order chi connectivity index (χ1) is 9.83. The van der Waals surface area contributed by atoms with Gasteiger partial charge >= 0.3 is 0 Å². The smallest absolute Gasteiger partial charge is 0.187 e. The maximum Gasteiger partial charge on any atom is 0.187 e. The summed E-state index contributed by atoms with van der Waals surface area (Å²) in [7, 11) is 1.60. The van der Waals surface area contributed by atoms with Crippen LogP contribution in [-0.4, -0.2) is 28.8 Å². The van der Waals surface area contributed by atoms with Crippen LogP contribution in [0.15, 0.2) is 41.8 Å². The molecule has 0 saturated carbocycles. The third-order valence-electron chi connectivity index (χ3n) is 2.48. The lowest BCUT2D eigenvalue weighted by Gasteiger charge is -2.06. The summed E-state index contributed by atoms with van der Waals surface area (Å²) in [6.45, 7) is -0.167. The lowest BCUT2D eigenvalue weighted by Crippen LogP contribution is -1.91. The fourth-order valence-electron chi connectivity index (χ4n) is 1.59. The molecule has 4 nitrogen and oxygen atoms in total. The summed E-state index contributed by atoms with van der Waals surface area (Å²) in [6.07, 6.45) is 3.45. The van der Waals surface area contributed by atoms with E-state index in [1.807, 2.05) is 18.2 Å². The van der Waals surface area contributed by atoms with Gasteiger partial charge in [0.15, 0.2) is 5.16 Å². The molecule has 0 bridgehead atoms. The van der Waals surface area contributed by atoms with Gasteiger partial charge in [-0.1, -0.05) is 29.7 Å². The van der Waals surface area contributed by atoms with Crippen molar-refractivity contribution < 1.29 is 9.84 Å². The highest BCUT2D eigenvalue weighted by Gasteiger charge is 2.04. The molecule has 0 atom stereocenters. The minimum absolute atomic E-state index is 0.167. The van der Waals surface area contributed by atoms with Crippen molar-refractivity contribution in [3.8, 4) is 17.6 Å². The summed E-state index contributed by atoms with van der Waals surface area (Å²) in [6, 6.07) is 7.61. The van der Waals surface area contributed by atoms with E-state index in [9.17, 15) is 0 Å².